The molecule has 9 heteroatoms. The molecular formula is C20H23ClN2O5S. The average Bonchev–Trinajstić information content (AvgIpc) is 2.71. The van der Waals surface area contributed by atoms with Crippen LogP contribution in [0, 0.1) is 0 Å². The fourth-order valence-corrected chi connectivity index (χ4v) is 4.29. The summed E-state index contributed by atoms with van der Waals surface area (Å²) in [5, 5.41) is 3.29. The standard InChI is InChI=1S/C20H23ClN2O5S/c1-2-23(9-12-29(25,26)17-6-3-15(21)4-7-17)14-20(24)22-16-5-8-18-19(13-16)28-11-10-27-18/h3-8,13H,2,9-12,14H2,1H3,(H,22,24). The molecule has 0 atom stereocenters. The van der Waals surface area contributed by atoms with E-state index in [0.717, 1.165) is 0 Å². The van der Waals surface area contributed by atoms with Crippen molar-refractivity contribution in [3.63, 3.8) is 0 Å². The first-order chi connectivity index (χ1) is 13.9. The van der Waals surface area contributed by atoms with Crippen molar-refractivity contribution in [2.45, 2.75) is 11.8 Å². The largest absolute Gasteiger partial charge is 0.486 e. The molecule has 156 valence electrons. The molecule has 2 aromatic carbocycles. The number of amides is 1. The number of ether oxygens (including phenoxy) is 2. The monoisotopic (exact) mass is 438 g/mol. The minimum atomic E-state index is -3.45. The fourth-order valence-electron chi connectivity index (χ4n) is 2.88. The molecule has 0 saturated carbocycles. The van der Waals surface area contributed by atoms with Gasteiger partial charge in [0.1, 0.15) is 13.2 Å². The average molecular weight is 439 g/mol. The Morgan fingerprint density at radius 1 is 1.10 bits per heavy atom. The molecule has 1 aliphatic heterocycles. The van der Waals surface area contributed by atoms with Gasteiger partial charge in [0.2, 0.25) is 5.91 Å². The first-order valence-corrected chi connectivity index (χ1v) is 11.3. The summed E-state index contributed by atoms with van der Waals surface area (Å²) in [6, 6.07) is 11.3. The number of halogens is 1. The summed E-state index contributed by atoms with van der Waals surface area (Å²) in [6.45, 7) is 3.73. The van der Waals surface area contributed by atoms with Crippen LogP contribution >= 0.6 is 11.6 Å². The molecule has 3 rings (SSSR count). The second-order valence-electron chi connectivity index (χ2n) is 6.55. The van der Waals surface area contributed by atoms with Gasteiger partial charge in [-0.05, 0) is 42.9 Å². The van der Waals surface area contributed by atoms with E-state index < -0.39 is 9.84 Å². The molecular weight excluding hydrogens is 416 g/mol. The van der Waals surface area contributed by atoms with Crippen LogP contribution in [-0.4, -0.2) is 57.8 Å². The molecule has 1 N–H and O–H groups in total. The maximum atomic E-state index is 12.5. The molecule has 1 heterocycles. The van der Waals surface area contributed by atoms with Crippen molar-refractivity contribution in [3.8, 4) is 11.5 Å². The van der Waals surface area contributed by atoms with Crippen molar-refractivity contribution >= 4 is 33.0 Å². The summed E-state index contributed by atoms with van der Waals surface area (Å²) in [7, 11) is -3.45. The fraction of sp³-hybridized carbons (Fsp3) is 0.350. The number of sulfone groups is 1. The van der Waals surface area contributed by atoms with Crippen molar-refractivity contribution in [1.82, 2.24) is 4.90 Å². The number of rotatable bonds is 8. The molecule has 7 nitrogen and oxygen atoms in total. The highest BCUT2D eigenvalue weighted by Crippen LogP contribution is 2.32. The SMILES string of the molecule is CCN(CCS(=O)(=O)c1ccc(Cl)cc1)CC(=O)Nc1ccc2c(c1)OCCO2. The Kier molecular flexibility index (Phi) is 7.00. The number of carbonyl (C=O) groups excluding carboxylic acids is 1. The zero-order valence-electron chi connectivity index (χ0n) is 16.1. The van der Waals surface area contributed by atoms with Gasteiger partial charge < -0.3 is 14.8 Å². The highest BCUT2D eigenvalue weighted by Gasteiger charge is 2.18. The lowest BCUT2D eigenvalue weighted by atomic mass is 10.2. The molecule has 1 aliphatic rings. The van der Waals surface area contributed by atoms with Crippen LogP contribution in [0.4, 0.5) is 5.69 Å². The molecule has 29 heavy (non-hydrogen) atoms. The Balaban J connectivity index is 1.55. The van der Waals surface area contributed by atoms with Crippen LogP contribution in [0.15, 0.2) is 47.4 Å². The number of hydrogen-bond acceptors (Lipinski definition) is 6. The summed E-state index contributed by atoms with van der Waals surface area (Å²) in [5.74, 6) is 0.930. The Labute approximate surface area is 175 Å². The topological polar surface area (TPSA) is 84.9 Å². The smallest absolute Gasteiger partial charge is 0.238 e. The zero-order valence-corrected chi connectivity index (χ0v) is 17.6. The number of nitrogens with one attached hydrogen (secondary N) is 1. The number of carbonyl (C=O) groups is 1. The predicted molar refractivity (Wildman–Crippen MR) is 112 cm³/mol. The number of fused-ring (bicyclic) bond motifs is 1. The third kappa shape index (κ3) is 5.85. The van der Waals surface area contributed by atoms with E-state index in [2.05, 4.69) is 5.32 Å². The van der Waals surface area contributed by atoms with Gasteiger partial charge in [-0.25, -0.2) is 8.42 Å². The van der Waals surface area contributed by atoms with Gasteiger partial charge in [-0.3, -0.25) is 9.69 Å². The van der Waals surface area contributed by atoms with Crippen LogP contribution in [0.2, 0.25) is 5.02 Å². The van der Waals surface area contributed by atoms with Crippen LogP contribution in [0.25, 0.3) is 0 Å². The van der Waals surface area contributed by atoms with Crippen molar-refractivity contribution in [2.75, 3.05) is 43.9 Å². The Bertz CT molecular complexity index is 963. The molecule has 0 bridgehead atoms. The van der Waals surface area contributed by atoms with E-state index in [1.165, 1.54) is 12.1 Å². The van der Waals surface area contributed by atoms with E-state index >= 15 is 0 Å². The summed E-state index contributed by atoms with van der Waals surface area (Å²) in [4.78, 5) is 14.4. The molecule has 2 aromatic rings. The van der Waals surface area contributed by atoms with Crippen molar-refractivity contribution in [3.05, 3.63) is 47.5 Å². The van der Waals surface area contributed by atoms with E-state index in [1.54, 1.807) is 35.2 Å². The lowest BCUT2D eigenvalue weighted by molar-refractivity contribution is -0.117. The van der Waals surface area contributed by atoms with Crippen molar-refractivity contribution in [1.29, 1.82) is 0 Å². The van der Waals surface area contributed by atoms with Gasteiger partial charge in [-0.2, -0.15) is 0 Å². The van der Waals surface area contributed by atoms with Gasteiger partial charge in [-0.1, -0.05) is 18.5 Å². The quantitative estimate of drug-likeness (QED) is 0.682. The van der Waals surface area contributed by atoms with Crippen LogP contribution in [0.1, 0.15) is 6.92 Å². The summed E-state index contributed by atoms with van der Waals surface area (Å²) in [5.41, 5.74) is 0.601. The Morgan fingerprint density at radius 3 is 2.48 bits per heavy atom. The maximum absolute atomic E-state index is 12.5. The van der Waals surface area contributed by atoms with E-state index in [4.69, 9.17) is 21.1 Å². The van der Waals surface area contributed by atoms with Gasteiger partial charge in [-0.15, -0.1) is 0 Å². The molecule has 0 aromatic heterocycles. The third-order valence-corrected chi connectivity index (χ3v) is 6.45. The second-order valence-corrected chi connectivity index (χ2v) is 9.09. The number of nitrogens with zero attached hydrogens (tertiary/aromatic N) is 1. The Hall–Kier alpha value is -2.29. The number of anilines is 1. The van der Waals surface area contributed by atoms with E-state index in [-0.39, 0.29) is 29.6 Å². The summed E-state index contributed by atoms with van der Waals surface area (Å²) < 4.78 is 35.9. The predicted octanol–water partition coefficient (Wildman–Crippen LogP) is 2.85. The maximum Gasteiger partial charge on any atom is 0.238 e. The normalized spacial score (nSPS) is 13.3. The first kappa shape index (κ1) is 21.4. The number of benzene rings is 2. The van der Waals surface area contributed by atoms with Crippen molar-refractivity contribution in [2.24, 2.45) is 0 Å². The second kappa shape index (κ2) is 9.47. The van der Waals surface area contributed by atoms with Crippen LogP contribution < -0.4 is 14.8 Å². The number of likely N-dealkylation sites (N-methyl/N-ethyl adjacent to an activating group) is 1. The minimum absolute atomic E-state index is 0.0836. The van der Waals surface area contributed by atoms with Crippen LogP contribution in [0.3, 0.4) is 0 Å². The van der Waals surface area contributed by atoms with Gasteiger partial charge in [0.15, 0.2) is 21.3 Å². The molecule has 1 amide bonds. The van der Waals surface area contributed by atoms with E-state index in [9.17, 15) is 13.2 Å². The molecule has 0 radical (unpaired) electrons. The Morgan fingerprint density at radius 2 is 1.79 bits per heavy atom. The third-order valence-electron chi connectivity index (χ3n) is 4.49. The lowest BCUT2D eigenvalue weighted by Gasteiger charge is -2.21. The summed E-state index contributed by atoms with van der Waals surface area (Å²) >= 11 is 5.81. The molecule has 0 saturated heterocycles. The van der Waals surface area contributed by atoms with Crippen LogP contribution in [-0.2, 0) is 14.6 Å². The molecule has 0 spiro atoms. The van der Waals surface area contributed by atoms with Crippen molar-refractivity contribution < 1.29 is 22.7 Å². The number of hydrogen-bond donors (Lipinski definition) is 1. The first-order valence-electron chi connectivity index (χ1n) is 9.27. The molecule has 0 fully saturated rings. The molecule has 0 unspecified atom stereocenters. The molecule has 0 aliphatic carbocycles. The van der Waals surface area contributed by atoms with Gasteiger partial charge in [0.25, 0.3) is 0 Å². The zero-order chi connectivity index (χ0) is 20.9. The highest BCUT2D eigenvalue weighted by molar-refractivity contribution is 7.91. The highest BCUT2D eigenvalue weighted by atomic mass is 35.5. The lowest BCUT2D eigenvalue weighted by Crippen LogP contribution is -2.36. The van der Waals surface area contributed by atoms with Gasteiger partial charge in [0.05, 0.1) is 17.2 Å². The van der Waals surface area contributed by atoms with Gasteiger partial charge in [0, 0.05) is 23.3 Å². The van der Waals surface area contributed by atoms with Crippen LogP contribution in [0.5, 0.6) is 11.5 Å². The van der Waals surface area contributed by atoms with E-state index in [0.29, 0.717) is 42.0 Å². The van der Waals surface area contributed by atoms with E-state index in [1.807, 2.05) is 6.92 Å². The summed E-state index contributed by atoms with van der Waals surface area (Å²) in [6.07, 6.45) is 0. The van der Waals surface area contributed by atoms with Gasteiger partial charge >= 0.3 is 0 Å². The minimum Gasteiger partial charge on any atom is -0.486 e.